The SMILES string of the molecule is O=C(CNc1ccc(C(=O)O)cc1)NCc1ccc2c(c1)OCO2. The quantitative estimate of drug-likeness (QED) is 0.749. The van der Waals surface area contributed by atoms with E-state index in [1.165, 1.54) is 12.1 Å². The number of hydrogen-bond acceptors (Lipinski definition) is 5. The van der Waals surface area contributed by atoms with E-state index in [0.29, 0.717) is 23.7 Å². The highest BCUT2D eigenvalue weighted by Crippen LogP contribution is 2.32. The lowest BCUT2D eigenvalue weighted by molar-refractivity contribution is -0.119. The zero-order valence-corrected chi connectivity index (χ0v) is 12.7. The Bertz CT molecular complexity index is 758. The number of carbonyl (C=O) groups is 2. The molecule has 0 atom stereocenters. The number of carbonyl (C=O) groups excluding carboxylic acids is 1. The number of fused-ring (bicyclic) bond motifs is 1. The summed E-state index contributed by atoms with van der Waals surface area (Å²) in [4.78, 5) is 22.6. The van der Waals surface area contributed by atoms with Crippen LogP contribution in [0.2, 0.25) is 0 Å². The highest BCUT2D eigenvalue weighted by molar-refractivity contribution is 5.88. The Morgan fingerprint density at radius 2 is 1.79 bits per heavy atom. The van der Waals surface area contributed by atoms with E-state index in [2.05, 4.69) is 10.6 Å². The van der Waals surface area contributed by atoms with E-state index in [9.17, 15) is 9.59 Å². The normalized spacial score (nSPS) is 11.8. The highest BCUT2D eigenvalue weighted by atomic mass is 16.7. The predicted molar refractivity (Wildman–Crippen MR) is 86.3 cm³/mol. The molecule has 1 aliphatic rings. The monoisotopic (exact) mass is 328 g/mol. The van der Waals surface area contributed by atoms with Crippen LogP contribution in [0, 0.1) is 0 Å². The zero-order chi connectivity index (χ0) is 16.9. The van der Waals surface area contributed by atoms with Crippen molar-refractivity contribution in [2.45, 2.75) is 6.54 Å². The zero-order valence-electron chi connectivity index (χ0n) is 12.7. The Labute approximate surface area is 138 Å². The van der Waals surface area contributed by atoms with Crippen LogP contribution in [0.4, 0.5) is 5.69 Å². The van der Waals surface area contributed by atoms with Crippen LogP contribution in [-0.2, 0) is 11.3 Å². The van der Waals surface area contributed by atoms with Crippen LogP contribution < -0.4 is 20.1 Å². The van der Waals surface area contributed by atoms with Gasteiger partial charge in [0.05, 0.1) is 12.1 Å². The van der Waals surface area contributed by atoms with Crippen molar-refractivity contribution in [3.05, 3.63) is 53.6 Å². The summed E-state index contributed by atoms with van der Waals surface area (Å²) >= 11 is 0. The second kappa shape index (κ2) is 6.91. The van der Waals surface area contributed by atoms with E-state index in [1.54, 1.807) is 12.1 Å². The van der Waals surface area contributed by atoms with E-state index in [4.69, 9.17) is 14.6 Å². The van der Waals surface area contributed by atoms with Crippen molar-refractivity contribution >= 4 is 17.6 Å². The first-order valence-corrected chi connectivity index (χ1v) is 7.34. The summed E-state index contributed by atoms with van der Waals surface area (Å²) in [5.74, 6) is 0.230. The van der Waals surface area contributed by atoms with Crippen LogP contribution in [0.3, 0.4) is 0 Å². The first-order chi connectivity index (χ1) is 11.6. The maximum absolute atomic E-state index is 11.9. The third-order valence-electron chi connectivity index (χ3n) is 3.51. The number of amides is 1. The summed E-state index contributed by atoms with van der Waals surface area (Å²) in [6, 6.07) is 11.7. The molecule has 0 saturated heterocycles. The Morgan fingerprint density at radius 3 is 2.54 bits per heavy atom. The first kappa shape index (κ1) is 15.7. The summed E-state index contributed by atoms with van der Waals surface area (Å²) < 4.78 is 10.5. The van der Waals surface area contributed by atoms with Crippen LogP contribution in [-0.4, -0.2) is 30.3 Å². The molecule has 0 unspecified atom stereocenters. The van der Waals surface area contributed by atoms with Crippen LogP contribution in [0.1, 0.15) is 15.9 Å². The minimum atomic E-state index is -0.983. The van der Waals surface area contributed by atoms with Crippen LogP contribution >= 0.6 is 0 Å². The Morgan fingerprint density at radius 1 is 1.04 bits per heavy atom. The second-order valence-corrected chi connectivity index (χ2v) is 5.20. The number of aromatic carboxylic acids is 1. The maximum atomic E-state index is 11.9. The van der Waals surface area contributed by atoms with Gasteiger partial charge in [-0.1, -0.05) is 6.07 Å². The average Bonchev–Trinajstić information content (AvgIpc) is 3.06. The summed E-state index contributed by atoms with van der Waals surface area (Å²) in [7, 11) is 0. The van der Waals surface area contributed by atoms with E-state index in [0.717, 1.165) is 5.56 Å². The fourth-order valence-electron chi connectivity index (χ4n) is 2.23. The Kier molecular flexibility index (Phi) is 4.51. The first-order valence-electron chi connectivity index (χ1n) is 7.34. The molecule has 2 aromatic carbocycles. The molecule has 2 aromatic rings. The van der Waals surface area contributed by atoms with Gasteiger partial charge in [-0.15, -0.1) is 0 Å². The van der Waals surface area contributed by atoms with Gasteiger partial charge in [-0.05, 0) is 42.0 Å². The largest absolute Gasteiger partial charge is 0.478 e. The van der Waals surface area contributed by atoms with Crippen molar-refractivity contribution < 1.29 is 24.2 Å². The molecule has 0 radical (unpaired) electrons. The van der Waals surface area contributed by atoms with Crippen LogP contribution in [0.25, 0.3) is 0 Å². The molecule has 1 aliphatic heterocycles. The number of anilines is 1. The van der Waals surface area contributed by atoms with E-state index < -0.39 is 5.97 Å². The molecule has 24 heavy (non-hydrogen) atoms. The number of carboxylic acid groups (broad SMARTS) is 1. The number of rotatable bonds is 6. The van der Waals surface area contributed by atoms with Crippen molar-refractivity contribution in [2.24, 2.45) is 0 Å². The molecule has 3 rings (SSSR count). The molecular formula is C17H16N2O5. The number of ether oxygens (including phenoxy) is 2. The highest BCUT2D eigenvalue weighted by Gasteiger charge is 2.13. The van der Waals surface area contributed by atoms with Crippen molar-refractivity contribution in [3.63, 3.8) is 0 Å². The van der Waals surface area contributed by atoms with Crippen molar-refractivity contribution in [1.29, 1.82) is 0 Å². The Hall–Kier alpha value is -3.22. The molecule has 0 fully saturated rings. The molecule has 0 bridgehead atoms. The second-order valence-electron chi connectivity index (χ2n) is 5.20. The minimum absolute atomic E-state index is 0.0942. The molecule has 0 saturated carbocycles. The minimum Gasteiger partial charge on any atom is -0.478 e. The van der Waals surface area contributed by atoms with Gasteiger partial charge in [-0.2, -0.15) is 0 Å². The predicted octanol–water partition coefficient (Wildman–Crippen LogP) is 1.84. The smallest absolute Gasteiger partial charge is 0.335 e. The molecule has 0 spiro atoms. The molecule has 1 heterocycles. The fraction of sp³-hybridized carbons (Fsp3) is 0.176. The van der Waals surface area contributed by atoms with Gasteiger partial charge in [0.15, 0.2) is 11.5 Å². The lowest BCUT2D eigenvalue weighted by atomic mass is 10.2. The topological polar surface area (TPSA) is 96.9 Å². The van der Waals surface area contributed by atoms with Crippen LogP contribution in [0.5, 0.6) is 11.5 Å². The van der Waals surface area contributed by atoms with E-state index >= 15 is 0 Å². The lowest BCUT2D eigenvalue weighted by Gasteiger charge is -2.08. The van der Waals surface area contributed by atoms with Gasteiger partial charge in [-0.3, -0.25) is 4.79 Å². The van der Waals surface area contributed by atoms with Crippen molar-refractivity contribution in [2.75, 3.05) is 18.7 Å². The molecule has 124 valence electrons. The fourth-order valence-corrected chi connectivity index (χ4v) is 2.23. The van der Waals surface area contributed by atoms with E-state index in [-0.39, 0.29) is 24.8 Å². The summed E-state index contributed by atoms with van der Waals surface area (Å²) in [6.07, 6.45) is 0. The number of hydrogen-bond donors (Lipinski definition) is 3. The van der Waals surface area contributed by atoms with Gasteiger partial charge in [0, 0.05) is 12.2 Å². The lowest BCUT2D eigenvalue weighted by Crippen LogP contribution is -2.29. The molecule has 0 aliphatic carbocycles. The van der Waals surface area contributed by atoms with Gasteiger partial charge >= 0.3 is 5.97 Å². The molecule has 7 nitrogen and oxygen atoms in total. The number of nitrogens with one attached hydrogen (secondary N) is 2. The molecular weight excluding hydrogens is 312 g/mol. The molecule has 1 amide bonds. The average molecular weight is 328 g/mol. The summed E-state index contributed by atoms with van der Waals surface area (Å²) in [5, 5.41) is 14.6. The van der Waals surface area contributed by atoms with Gasteiger partial charge in [0.2, 0.25) is 12.7 Å². The maximum Gasteiger partial charge on any atom is 0.335 e. The van der Waals surface area contributed by atoms with Gasteiger partial charge in [-0.25, -0.2) is 4.79 Å². The molecule has 0 aromatic heterocycles. The van der Waals surface area contributed by atoms with Crippen molar-refractivity contribution in [3.8, 4) is 11.5 Å². The molecule has 7 heteroatoms. The van der Waals surface area contributed by atoms with Gasteiger partial charge < -0.3 is 25.2 Å². The number of carboxylic acids is 1. The summed E-state index contributed by atoms with van der Waals surface area (Å²) in [6.45, 7) is 0.696. The van der Waals surface area contributed by atoms with Crippen molar-refractivity contribution in [1.82, 2.24) is 5.32 Å². The Balaban J connectivity index is 1.46. The van der Waals surface area contributed by atoms with Gasteiger partial charge in [0.1, 0.15) is 0 Å². The standard InChI is InChI=1S/C17H16N2O5/c20-16(9-18-13-4-2-12(3-5-13)17(21)22)19-8-11-1-6-14-15(7-11)24-10-23-14/h1-7,18H,8-10H2,(H,19,20)(H,21,22). The third kappa shape index (κ3) is 3.75. The van der Waals surface area contributed by atoms with E-state index in [1.807, 2.05) is 18.2 Å². The molecule has 3 N–H and O–H groups in total. The van der Waals surface area contributed by atoms with Crippen LogP contribution in [0.15, 0.2) is 42.5 Å². The van der Waals surface area contributed by atoms with Gasteiger partial charge in [0.25, 0.3) is 0 Å². The number of benzene rings is 2. The third-order valence-corrected chi connectivity index (χ3v) is 3.51. The summed E-state index contributed by atoms with van der Waals surface area (Å²) in [5.41, 5.74) is 1.80.